The van der Waals surface area contributed by atoms with Gasteiger partial charge in [0.15, 0.2) is 0 Å². The van der Waals surface area contributed by atoms with E-state index in [1.807, 2.05) is 37.2 Å². The van der Waals surface area contributed by atoms with Crippen molar-refractivity contribution >= 4 is 5.69 Å². The van der Waals surface area contributed by atoms with E-state index in [1.165, 1.54) is 10.2 Å². The number of aromatic nitrogens is 2. The summed E-state index contributed by atoms with van der Waals surface area (Å²) >= 11 is 0. The van der Waals surface area contributed by atoms with Gasteiger partial charge in [0, 0.05) is 33.3 Å². The monoisotopic (exact) mass is 301 g/mol. The fourth-order valence-corrected chi connectivity index (χ4v) is 2.07. The maximum absolute atomic E-state index is 11.9. The van der Waals surface area contributed by atoms with Gasteiger partial charge in [0.05, 0.1) is 18.5 Å². The molecule has 0 radical (unpaired) electrons. The molecule has 5 heteroatoms. The molecule has 2 rings (SSSR count). The summed E-state index contributed by atoms with van der Waals surface area (Å²) in [5, 5.41) is 4.19. The number of aryl methyl sites for hydroxylation is 1. The second-order valence-corrected chi connectivity index (χ2v) is 5.41. The lowest BCUT2D eigenvalue weighted by Gasteiger charge is -2.12. The van der Waals surface area contributed by atoms with E-state index >= 15 is 0 Å². The first-order valence-electron chi connectivity index (χ1n) is 7.53. The summed E-state index contributed by atoms with van der Waals surface area (Å²) in [6.45, 7) is 1.96. The van der Waals surface area contributed by atoms with Gasteiger partial charge in [-0.05, 0) is 18.4 Å². The van der Waals surface area contributed by atoms with Crippen LogP contribution >= 0.6 is 0 Å². The summed E-state index contributed by atoms with van der Waals surface area (Å²) in [6.07, 6.45) is 3.51. The molecule has 0 fully saturated rings. The Morgan fingerprint density at radius 3 is 2.64 bits per heavy atom. The molecule has 1 aromatic carbocycles. The first-order chi connectivity index (χ1) is 10.7. The van der Waals surface area contributed by atoms with Crippen molar-refractivity contribution in [2.24, 2.45) is 0 Å². The summed E-state index contributed by atoms with van der Waals surface area (Å²) in [4.78, 5) is 13.8. The first-order valence-corrected chi connectivity index (χ1v) is 7.53. The fourth-order valence-electron chi connectivity index (χ4n) is 2.07. The molecular weight excluding hydrogens is 278 g/mol. The van der Waals surface area contributed by atoms with Gasteiger partial charge in [-0.25, -0.2) is 4.68 Å². The Morgan fingerprint density at radius 1 is 1.18 bits per heavy atom. The lowest BCUT2D eigenvalue weighted by atomic mass is 10.2. The van der Waals surface area contributed by atoms with Crippen LogP contribution in [0.2, 0.25) is 0 Å². The zero-order valence-electron chi connectivity index (χ0n) is 13.2. The zero-order chi connectivity index (χ0) is 15.8. The predicted octanol–water partition coefficient (Wildman–Crippen LogP) is 2.31. The van der Waals surface area contributed by atoms with Gasteiger partial charge in [-0.15, -0.1) is 0 Å². The van der Waals surface area contributed by atoms with Gasteiger partial charge in [0.1, 0.15) is 0 Å². The Hall–Kier alpha value is -2.14. The van der Waals surface area contributed by atoms with Crippen LogP contribution in [-0.2, 0) is 17.9 Å². The average molecular weight is 301 g/mol. The van der Waals surface area contributed by atoms with Gasteiger partial charge in [-0.1, -0.05) is 30.3 Å². The van der Waals surface area contributed by atoms with Crippen LogP contribution in [-0.4, -0.2) is 30.5 Å². The highest BCUT2D eigenvalue weighted by Crippen LogP contribution is 2.04. The van der Waals surface area contributed by atoms with E-state index < -0.39 is 0 Å². The number of hydrogen-bond acceptors (Lipinski definition) is 4. The smallest absolute Gasteiger partial charge is 0.268 e. The van der Waals surface area contributed by atoms with E-state index in [-0.39, 0.29) is 5.56 Å². The molecule has 0 N–H and O–H groups in total. The van der Waals surface area contributed by atoms with Crippen LogP contribution in [0.4, 0.5) is 5.69 Å². The minimum Gasteiger partial charge on any atom is -0.377 e. The molecular formula is C17H23N3O2. The lowest BCUT2D eigenvalue weighted by molar-refractivity contribution is 0.116. The Kier molecular flexibility index (Phi) is 6.15. The molecule has 1 aromatic heterocycles. The van der Waals surface area contributed by atoms with Crippen LogP contribution in [0, 0.1) is 0 Å². The van der Waals surface area contributed by atoms with Crippen LogP contribution in [0.15, 0.2) is 47.4 Å². The van der Waals surface area contributed by atoms with E-state index in [0.29, 0.717) is 19.8 Å². The summed E-state index contributed by atoms with van der Waals surface area (Å²) < 4.78 is 7.13. The number of ether oxygens (including phenoxy) is 1. The van der Waals surface area contributed by atoms with Crippen LogP contribution in [0.5, 0.6) is 0 Å². The maximum atomic E-state index is 11.9. The SMILES string of the molecule is CN(C)c1cnn(CCCCOCc2ccccc2)c(=O)c1. The second kappa shape index (κ2) is 8.34. The van der Waals surface area contributed by atoms with Crippen molar-refractivity contribution in [2.75, 3.05) is 25.6 Å². The highest BCUT2D eigenvalue weighted by Gasteiger charge is 2.01. The quantitative estimate of drug-likeness (QED) is 0.702. The molecule has 0 amide bonds. The molecule has 0 aliphatic carbocycles. The van der Waals surface area contributed by atoms with Crippen molar-refractivity contribution in [3.05, 3.63) is 58.5 Å². The predicted molar refractivity (Wildman–Crippen MR) is 88.2 cm³/mol. The van der Waals surface area contributed by atoms with Crippen LogP contribution in [0.3, 0.4) is 0 Å². The number of unbranched alkanes of at least 4 members (excludes halogenated alkanes) is 1. The fraction of sp³-hybridized carbons (Fsp3) is 0.412. The normalized spacial score (nSPS) is 10.6. The van der Waals surface area contributed by atoms with Crippen molar-refractivity contribution in [3.63, 3.8) is 0 Å². The van der Waals surface area contributed by atoms with E-state index in [0.717, 1.165) is 18.5 Å². The van der Waals surface area contributed by atoms with E-state index in [4.69, 9.17) is 4.74 Å². The molecule has 118 valence electrons. The lowest BCUT2D eigenvalue weighted by Crippen LogP contribution is -2.24. The molecule has 1 heterocycles. The van der Waals surface area contributed by atoms with Crippen molar-refractivity contribution in [2.45, 2.75) is 26.0 Å². The van der Waals surface area contributed by atoms with E-state index in [2.05, 4.69) is 17.2 Å². The Balaban J connectivity index is 1.67. The van der Waals surface area contributed by atoms with Crippen LogP contribution < -0.4 is 10.5 Å². The summed E-state index contributed by atoms with van der Waals surface area (Å²) in [7, 11) is 3.79. The molecule has 0 saturated heterocycles. The van der Waals surface area contributed by atoms with Gasteiger partial charge >= 0.3 is 0 Å². The Morgan fingerprint density at radius 2 is 1.95 bits per heavy atom. The molecule has 0 bridgehead atoms. The summed E-state index contributed by atoms with van der Waals surface area (Å²) in [5.74, 6) is 0. The van der Waals surface area contributed by atoms with Gasteiger partial charge in [-0.3, -0.25) is 4.79 Å². The van der Waals surface area contributed by atoms with Crippen LogP contribution in [0.25, 0.3) is 0 Å². The van der Waals surface area contributed by atoms with Gasteiger partial charge in [0.25, 0.3) is 5.56 Å². The van der Waals surface area contributed by atoms with Gasteiger partial charge in [-0.2, -0.15) is 5.10 Å². The molecule has 0 aliphatic rings. The number of hydrogen-bond donors (Lipinski definition) is 0. The molecule has 0 atom stereocenters. The Labute approximate surface area is 131 Å². The maximum Gasteiger partial charge on any atom is 0.268 e. The zero-order valence-corrected chi connectivity index (χ0v) is 13.2. The molecule has 0 aliphatic heterocycles. The minimum absolute atomic E-state index is 0.0589. The number of nitrogens with zero attached hydrogens (tertiary/aromatic N) is 3. The van der Waals surface area contributed by atoms with E-state index in [1.54, 1.807) is 12.3 Å². The second-order valence-electron chi connectivity index (χ2n) is 5.41. The summed E-state index contributed by atoms with van der Waals surface area (Å²) in [6, 6.07) is 11.7. The van der Waals surface area contributed by atoms with Gasteiger partial charge in [0.2, 0.25) is 0 Å². The molecule has 5 nitrogen and oxygen atoms in total. The average Bonchev–Trinajstić information content (AvgIpc) is 2.52. The number of rotatable bonds is 8. The summed E-state index contributed by atoms with van der Waals surface area (Å²) in [5.41, 5.74) is 1.95. The third-order valence-corrected chi connectivity index (χ3v) is 3.39. The topological polar surface area (TPSA) is 47.4 Å². The van der Waals surface area contributed by atoms with Crippen LogP contribution in [0.1, 0.15) is 18.4 Å². The highest BCUT2D eigenvalue weighted by molar-refractivity contribution is 5.40. The van der Waals surface area contributed by atoms with Crippen molar-refractivity contribution in [1.29, 1.82) is 0 Å². The minimum atomic E-state index is -0.0589. The molecule has 0 saturated carbocycles. The highest BCUT2D eigenvalue weighted by atomic mass is 16.5. The Bertz CT molecular complexity index is 623. The third kappa shape index (κ3) is 5.00. The molecule has 0 spiro atoms. The van der Waals surface area contributed by atoms with Gasteiger partial charge < -0.3 is 9.64 Å². The van der Waals surface area contributed by atoms with E-state index in [9.17, 15) is 4.79 Å². The van der Waals surface area contributed by atoms with Crippen molar-refractivity contribution < 1.29 is 4.74 Å². The molecule has 0 unspecified atom stereocenters. The number of anilines is 1. The standard InChI is InChI=1S/C17H23N3O2/c1-19(2)16-12-17(21)20(18-13-16)10-6-7-11-22-14-15-8-4-3-5-9-15/h3-5,8-9,12-13H,6-7,10-11,14H2,1-2H3. The third-order valence-electron chi connectivity index (χ3n) is 3.39. The first kappa shape index (κ1) is 16.2. The van der Waals surface area contributed by atoms with Crippen molar-refractivity contribution in [3.8, 4) is 0 Å². The largest absolute Gasteiger partial charge is 0.377 e. The molecule has 2 aromatic rings. The van der Waals surface area contributed by atoms with Crippen molar-refractivity contribution in [1.82, 2.24) is 9.78 Å². The number of benzene rings is 1. The molecule has 22 heavy (non-hydrogen) atoms.